The fraction of sp³-hybridized carbons (Fsp3) is 0.250. The van der Waals surface area contributed by atoms with Gasteiger partial charge < -0.3 is 4.74 Å². The SMILES string of the molecule is COc1ccccc1-c1cc(C(F)(F)C(F)F)[nH]n1. The monoisotopic (exact) mass is 274 g/mol. The number of nitrogens with one attached hydrogen (secondary N) is 1. The van der Waals surface area contributed by atoms with Gasteiger partial charge in [-0.2, -0.15) is 13.9 Å². The van der Waals surface area contributed by atoms with Crippen molar-refractivity contribution in [3.8, 4) is 17.0 Å². The smallest absolute Gasteiger partial charge is 0.348 e. The van der Waals surface area contributed by atoms with Gasteiger partial charge in [0, 0.05) is 5.56 Å². The molecule has 0 spiro atoms. The lowest BCUT2D eigenvalue weighted by Crippen LogP contribution is -2.23. The maximum absolute atomic E-state index is 13.1. The van der Waals surface area contributed by atoms with Crippen LogP contribution in [0.4, 0.5) is 17.6 Å². The largest absolute Gasteiger partial charge is 0.496 e. The van der Waals surface area contributed by atoms with Gasteiger partial charge in [-0.3, -0.25) is 5.10 Å². The first-order valence-electron chi connectivity index (χ1n) is 5.32. The lowest BCUT2D eigenvalue weighted by atomic mass is 10.1. The van der Waals surface area contributed by atoms with Gasteiger partial charge in [0.15, 0.2) is 0 Å². The van der Waals surface area contributed by atoms with Crippen LogP contribution in [-0.4, -0.2) is 23.7 Å². The zero-order valence-electron chi connectivity index (χ0n) is 9.83. The molecule has 7 heteroatoms. The summed E-state index contributed by atoms with van der Waals surface area (Å²) in [6, 6.07) is 7.47. The van der Waals surface area contributed by atoms with Crippen LogP contribution in [-0.2, 0) is 5.92 Å². The summed E-state index contributed by atoms with van der Waals surface area (Å²) in [5.41, 5.74) is -0.367. The summed E-state index contributed by atoms with van der Waals surface area (Å²) in [4.78, 5) is 0. The highest BCUT2D eigenvalue weighted by Gasteiger charge is 2.44. The van der Waals surface area contributed by atoms with E-state index in [1.54, 1.807) is 24.3 Å². The van der Waals surface area contributed by atoms with Crippen LogP contribution in [0.25, 0.3) is 11.3 Å². The maximum atomic E-state index is 13.1. The Balaban J connectivity index is 2.41. The fourth-order valence-electron chi connectivity index (χ4n) is 1.60. The standard InChI is InChI=1S/C12H10F4N2O/c1-19-9-5-3-2-4-7(9)8-6-10(18-17-8)12(15,16)11(13)14/h2-6,11H,1H3,(H,17,18). The van der Waals surface area contributed by atoms with Crippen molar-refractivity contribution in [2.24, 2.45) is 0 Å². The van der Waals surface area contributed by atoms with Crippen molar-refractivity contribution in [3.63, 3.8) is 0 Å². The number of alkyl halides is 4. The Kier molecular flexibility index (Phi) is 3.46. The zero-order valence-corrected chi connectivity index (χ0v) is 9.83. The van der Waals surface area contributed by atoms with Crippen LogP contribution in [0.1, 0.15) is 5.69 Å². The first kappa shape index (κ1) is 13.4. The predicted molar refractivity (Wildman–Crippen MR) is 60.5 cm³/mol. The average molecular weight is 274 g/mol. The molecule has 2 aromatic rings. The van der Waals surface area contributed by atoms with E-state index >= 15 is 0 Å². The summed E-state index contributed by atoms with van der Waals surface area (Å²) >= 11 is 0. The number of aromatic amines is 1. The number of rotatable bonds is 4. The Morgan fingerprint density at radius 2 is 1.95 bits per heavy atom. The van der Waals surface area contributed by atoms with Crippen LogP contribution in [0.5, 0.6) is 5.75 Å². The number of methoxy groups -OCH3 is 1. The highest BCUT2D eigenvalue weighted by molar-refractivity contribution is 5.67. The second-order valence-electron chi connectivity index (χ2n) is 3.79. The molecule has 2 rings (SSSR count). The molecule has 19 heavy (non-hydrogen) atoms. The Labute approximate surface area is 106 Å². The number of halogens is 4. The third-order valence-electron chi connectivity index (χ3n) is 2.59. The van der Waals surface area contributed by atoms with Crippen molar-refractivity contribution in [2.45, 2.75) is 12.3 Å². The molecule has 0 atom stereocenters. The van der Waals surface area contributed by atoms with Gasteiger partial charge in [0.2, 0.25) is 0 Å². The Morgan fingerprint density at radius 3 is 2.58 bits per heavy atom. The van der Waals surface area contributed by atoms with Crippen LogP contribution in [0.15, 0.2) is 30.3 Å². The van der Waals surface area contributed by atoms with Crippen molar-refractivity contribution < 1.29 is 22.3 Å². The van der Waals surface area contributed by atoms with E-state index in [4.69, 9.17) is 4.74 Å². The van der Waals surface area contributed by atoms with Gasteiger partial charge in [-0.25, -0.2) is 8.78 Å². The van der Waals surface area contributed by atoms with E-state index in [2.05, 4.69) is 5.10 Å². The van der Waals surface area contributed by atoms with Crippen LogP contribution in [0, 0.1) is 0 Å². The molecule has 0 amide bonds. The highest BCUT2D eigenvalue weighted by Crippen LogP contribution is 2.36. The van der Waals surface area contributed by atoms with E-state index in [-0.39, 0.29) is 5.69 Å². The summed E-state index contributed by atoms with van der Waals surface area (Å²) in [6.45, 7) is 0. The number of aromatic nitrogens is 2. The summed E-state index contributed by atoms with van der Waals surface area (Å²) in [5.74, 6) is -3.84. The van der Waals surface area contributed by atoms with Gasteiger partial charge in [-0.05, 0) is 18.2 Å². The molecule has 0 aliphatic rings. The first-order chi connectivity index (χ1) is 8.96. The summed E-state index contributed by atoms with van der Waals surface area (Å²) in [5, 5.41) is 5.57. The van der Waals surface area contributed by atoms with Crippen LogP contribution < -0.4 is 4.74 Å². The average Bonchev–Trinajstić information content (AvgIpc) is 2.88. The topological polar surface area (TPSA) is 37.9 Å². The summed E-state index contributed by atoms with van der Waals surface area (Å²) in [7, 11) is 1.42. The molecular formula is C12H10F4N2O. The molecule has 1 N–H and O–H groups in total. The molecule has 0 unspecified atom stereocenters. The number of ether oxygens (including phenoxy) is 1. The summed E-state index contributed by atoms with van der Waals surface area (Å²) in [6.07, 6.45) is -3.79. The van der Waals surface area contributed by atoms with Crippen molar-refractivity contribution >= 4 is 0 Å². The molecule has 0 saturated carbocycles. The van der Waals surface area contributed by atoms with Crippen molar-refractivity contribution in [2.75, 3.05) is 7.11 Å². The van der Waals surface area contributed by atoms with E-state index < -0.39 is 18.0 Å². The molecule has 3 nitrogen and oxygen atoms in total. The molecule has 0 bridgehead atoms. The van der Waals surface area contributed by atoms with E-state index in [1.165, 1.54) is 7.11 Å². The van der Waals surface area contributed by atoms with Gasteiger partial charge in [-0.1, -0.05) is 12.1 Å². The molecule has 1 aromatic heterocycles. The fourth-order valence-corrected chi connectivity index (χ4v) is 1.60. The predicted octanol–water partition coefficient (Wildman–Crippen LogP) is 3.44. The van der Waals surface area contributed by atoms with E-state index in [1.807, 2.05) is 5.10 Å². The minimum atomic E-state index is -4.26. The third kappa shape index (κ3) is 2.40. The lowest BCUT2D eigenvalue weighted by Gasteiger charge is -2.11. The van der Waals surface area contributed by atoms with E-state index in [0.29, 0.717) is 11.3 Å². The van der Waals surface area contributed by atoms with E-state index in [9.17, 15) is 17.6 Å². The van der Waals surface area contributed by atoms with E-state index in [0.717, 1.165) is 6.07 Å². The van der Waals surface area contributed by atoms with Gasteiger partial charge >= 0.3 is 12.3 Å². The highest BCUT2D eigenvalue weighted by atomic mass is 19.3. The maximum Gasteiger partial charge on any atom is 0.348 e. The van der Waals surface area contributed by atoms with Crippen LogP contribution in [0.2, 0.25) is 0 Å². The molecular weight excluding hydrogens is 264 g/mol. The van der Waals surface area contributed by atoms with Crippen molar-refractivity contribution in [3.05, 3.63) is 36.0 Å². The number of nitrogens with zero attached hydrogens (tertiary/aromatic N) is 1. The second kappa shape index (κ2) is 4.91. The molecule has 0 aliphatic heterocycles. The summed E-state index contributed by atoms with van der Waals surface area (Å²) < 4.78 is 55.8. The van der Waals surface area contributed by atoms with Crippen LogP contribution in [0.3, 0.4) is 0 Å². The third-order valence-corrected chi connectivity index (χ3v) is 2.59. The quantitative estimate of drug-likeness (QED) is 0.867. The molecule has 0 radical (unpaired) electrons. The molecule has 0 fully saturated rings. The molecule has 0 saturated heterocycles. The van der Waals surface area contributed by atoms with Crippen molar-refractivity contribution in [1.29, 1.82) is 0 Å². The van der Waals surface area contributed by atoms with Gasteiger partial charge in [0.25, 0.3) is 0 Å². The number of hydrogen-bond donors (Lipinski definition) is 1. The minimum absolute atomic E-state index is 0.118. The van der Waals surface area contributed by atoms with Gasteiger partial charge in [-0.15, -0.1) is 0 Å². The normalized spacial score (nSPS) is 11.9. The number of hydrogen-bond acceptors (Lipinski definition) is 2. The lowest BCUT2D eigenvalue weighted by molar-refractivity contribution is -0.137. The number of benzene rings is 1. The molecule has 1 heterocycles. The Bertz CT molecular complexity index is 568. The molecule has 0 aliphatic carbocycles. The minimum Gasteiger partial charge on any atom is -0.496 e. The van der Waals surface area contributed by atoms with Crippen LogP contribution >= 0.6 is 0 Å². The Morgan fingerprint density at radius 1 is 1.26 bits per heavy atom. The number of para-hydroxylation sites is 1. The second-order valence-corrected chi connectivity index (χ2v) is 3.79. The molecule has 1 aromatic carbocycles. The van der Waals surface area contributed by atoms with Crippen molar-refractivity contribution in [1.82, 2.24) is 10.2 Å². The molecule has 102 valence electrons. The van der Waals surface area contributed by atoms with Gasteiger partial charge in [0.05, 0.1) is 12.8 Å². The zero-order chi connectivity index (χ0) is 14.0. The Hall–Kier alpha value is -2.05. The van der Waals surface area contributed by atoms with Gasteiger partial charge in [0.1, 0.15) is 11.4 Å². The first-order valence-corrected chi connectivity index (χ1v) is 5.32. The number of H-pyrrole nitrogens is 1.